The van der Waals surface area contributed by atoms with Crippen LogP contribution in [0, 0.1) is 0 Å². The maximum Gasteiger partial charge on any atom is 0.280 e. The van der Waals surface area contributed by atoms with Crippen molar-refractivity contribution < 1.29 is 0 Å². The highest BCUT2D eigenvalue weighted by Crippen LogP contribution is 2.12. The van der Waals surface area contributed by atoms with Gasteiger partial charge in [0.1, 0.15) is 0 Å². The quantitative estimate of drug-likeness (QED) is 0.464. The molecule has 0 amide bonds. The van der Waals surface area contributed by atoms with Crippen molar-refractivity contribution in [3.8, 4) is 0 Å². The van der Waals surface area contributed by atoms with Gasteiger partial charge in [0.05, 0.1) is 19.0 Å². The second kappa shape index (κ2) is 9.13. The molecule has 0 aromatic carbocycles. The van der Waals surface area contributed by atoms with Crippen molar-refractivity contribution in [1.29, 1.82) is 0 Å². The van der Waals surface area contributed by atoms with Crippen LogP contribution in [0.25, 0.3) is 22.3 Å². The number of aromatic amines is 2. The average molecular weight is 403 g/mol. The predicted octanol–water partition coefficient (Wildman–Crippen LogP) is 2.26. The van der Waals surface area contributed by atoms with Crippen LogP contribution in [0.15, 0.2) is 28.6 Å². The van der Waals surface area contributed by atoms with E-state index < -0.39 is 0 Å². The summed E-state index contributed by atoms with van der Waals surface area (Å²) in [4.78, 5) is 43.6. The molecule has 4 N–H and O–H groups in total. The third-order valence-corrected chi connectivity index (χ3v) is 3.93. The third kappa shape index (κ3) is 4.50. The maximum atomic E-state index is 11.4. The number of rotatable bonds is 2. The van der Waals surface area contributed by atoms with Crippen molar-refractivity contribution in [2.75, 3.05) is 5.73 Å². The third-order valence-electron chi connectivity index (χ3n) is 3.93. The fourth-order valence-corrected chi connectivity index (χ4v) is 2.56. The summed E-state index contributed by atoms with van der Waals surface area (Å²) in [7, 11) is 0. The Morgan fingerprint density at radius 2 is 1.38 bits per heavy atom. The van der Waals surface area contributed by atoms with Gasteiger partial charge in [-0.2, -0.15) is 4.98 Å². The summed E-state index contributed by atoms with van der Waals surface area (Å²) in [5, 5.41) is 0. The first-order valence-electron chi connectivity index (χ1n) is 8.42. The molecular weight excluding hydrogens is 374 g/mol. The van der Waals surface area contributed by atoms with Gasteiger partial charge in [-0.15, -0.1) is 0 Å². The maximum absolute atomic E-state index is 11.4. The zero-order chi connectivity index (χ0) is 19.7. The van der Waals surface area contributed by atoms with Crippen LogP contribution in [0.5, 0.6) is 0 Å². The largest absolute Gasteiger partial charge is 0.369 e. The SMILES string of the molecule is C.C.CC(C)n1cnc2c(=O)[nH]c(N)nc21.CC(C)n1cnc2c(=O)[nH]cnc21. The molecule has 158 valence electrons. The van der Waals surface area contributed by atoms with Gasteiger partial charge in [0.15, 0.2) is 22.3 Å². The Balaban J connectivity index is 0.000000272. The predicted molar refractivity (Wildman–Crippen MR) is 115 cm³/mol. The summed E-state index contributed by atoms with van der Waals surface area (Å²) < 4.78 is 3.67. The number of nitrogen functional groups attached to an aromatic ring is 1. The zero-order valence-corrected chi connectivity index (χ0v) is 15.5. The molecule has 4 heterocycles. The summed E-state index contributed by atoms with van der Waals surface area (Å²) >= 11 is 0. The van der Waals surface area contributed by atoms with E-state index in [0.717, 1.165) is 0 Å². The number of hydrogen-bond donors (Lipinski definition) is 3. The summed E-state index contributed by atoms with van der Waals surface area (Å²) in [6.45, 7) is 8.01. The molecule has 0 saturated heterocycles. The van der Waals surface area contributed by atoms with Crippen molar-refractivity contribution >= 4 is 28.3 Å². The zero-order valence-electron chi connectivity index (χ0n) is 15.5. The Labute approximate surface area is 168 Å². The van der Waals surface area contributed by atoms with Gasteiger partial charge in [0.2, 0.25) is 5.95 Å². The van der Waals surface area contributed by atoms with Gasteiger partial charge in [0.25, 0.3) is 11.1 Å². The number of hydrogen-bond acceptors (Lipinski definition) is 7. The van der Waals surface area contributed by atoms with Crippen LogP contribution in [0.1, 0.15) is 54.6 Å². The molecule has 0 aliphatic carbocycles. The Bertz CT molecular complexity index is 1200. The summed E-state index contributed by atoms with van der Waals surface area (Å²) in [6, 6.07) is 0.466. The molecule has 0 aliphatic heterocycles. The average Bonchev–Trinajstić information content (AvgIpc) is 3.20. The van der Waals surface area contributed by atoms with E-state index in [1.165, 1.54) is 6.33 Å². The van der Waals surface area contributed by atoms with Crippen LogP contribution < -0.4 is 16.9 Å². The van der Waals surface area contributed by atoms with E-state index in [-0.39, 0.29) is 44.0 Å². The normalized spacial score (nSPS) is 10.6. The van der Waals surface area contributed by atoms with E-state index in [9.17, 15) is 9.59 Å². The van der Waals surface area contributed by atoms with Gasteiger partial charge in [0, 0.05) is 12.1 Å². The van der Waals surface area contributed by atoms with E-state index in [0.29, 0.717) is 22.3 Å². The minimum absolute atomic E-state index is 0. The van der Waals surface area contributed by atoms with Crippen molar-refractivity contribution in [2.24, 2.45) is 0 Å². The van der Waals surface area contributed by atoms with Gasteiger partial charge in [-0.25, -0.2) is 15.0 Å². The summed E-state index contributed by atoms with van der Waals surface area (Å²) in [5.41, 5.74) is 6.85. The fourth-order valence-electron chi connectivity index (χ4n) is 2.56. The molecule has 0 fully saturated rings. The van der Waals surface area contributed by atoms with Gasteiger partial charge in [-0.3, -0.25) is 14.6 Å². The van der Waals surface area contributed by atoms with Crippen LogP contribution in [0.2, 0.25) is 0 Å². The van der Waals surface area contributed by atoms with Gasteiger partial charge >= 0.3 is 0 Å². The molecule has 0 radical (unpaired) electrons. The van der Waals surface area contributed by atoms with E-state index in [4.69, 9.17) is 5.73 Å². The molecule has 11 nitrogen and oxygen atoms in total. The minimum Gasteiger partial charge on any atom is -0.369 e. The Kier molecular flexibility index (Phi) is 7.41. The lowest BCUT2D eigenvalue weighted by Gasteiger charge is -2.06. The number of nitrogens with one attached hydrogen (secondary N) is 2. The first-order chi connectivity index (χ1) is 12.8. The second-order valence-electron chi connectivity index (χ2n) is 6.52. The van der Waals surface area contributed by atoms with E-state index in [1.807, 2.05) is 32.3 Å². The molecule has 0 bridgehead atoms. The van der Waals surface area contributed by atoms with Crippen LogP contribution in [-0.4, -0.2) is 39.0 Å². The van der Waals surface area contributed by atoms with Gasteiger partial charge in [-0.1, -0.05) is 14.9 Å². The van der Waals surface area contributed by atoms with Gasteiger partial charge in [-0.05, 0) is 27.7 Å². The molecule has 0 atom stereocenters. The molecule has 0 spiro atoms. The fraction of sp³-hybridized carbons (Fsp3) is 0.444. The first-order valence-corrected chi connectivity index (χ1v) is 8.42. The Morgan fingerprint density at radius 1 is 0.862 bits per heavy atom. The molecule has 0 saturated carbocycles. The first kappa shape index (κ1) is 23.5. The lowest BCUT2D eigenvalue weighted by atomic mass is 10.4. The van der Waals surface area contributed by atoms with E-state index in [1.54, 1.807) is 17.2 Å². The molecule has 0 aliphatic rings. The smallest absolute Gasteiger partial charge is 0.280 e. The lowest BCUT2D eigenvalue weighted by molar-refractivity contribution is 0.612. The van der Waals surface area contributed by atoms with E-state index >= 15 is 0 Å². The standard InChI is InChI=1S/C8H11N5O.C8H10N4O.2CH4/c1-4(2)13-3-10-5-6(13)11-8(9)12-7(5)14;1-5(2)12-4-11-6-7(12)9-3-10-8(6)13;;/h3-4H,1-2H3,(H3,9,11,12,14);3-5H,1-2H3,(H,9,10,13);2*1H4. The highest BCUT2D eigenvalue weighted by molar-refractivity contribution is 5.70. The molecule has 4 aromatic heterocycles. The topological polar surface area (TPSA) is 153 Å². The molecule has 4 aromatic rings. The highest BCUT2D eigenvalue weighted by Gasteiger charge is 2.10. The second-order valence-corrected chi connectivity index (χ2v) is 6.52. The number of imidazole rings is 2. The lowest BCUT2D eigenvalue weighted by Crippen LogP contribution is -2.12. The van der Waals surface area contributed by atoms with Gasteiger partial charge < -0.3 is 19.9 Å². The Hall–Kier alpha value is -3.50. The van der Waals surface area contributed by atoms with Crippen molar-refractivity contribution in [1.82, 2.24) is 39.0 Å². The molecule has 29 heavy (non-hydrogen) atoms. The van der Waals surface area contributed by atoms with Crippen molar-refractivity contribution in [2.45, 2.75) is 54.6 Å². The Morgan fingerprint density at radius 3 is 1.93 bits per heavy atom. The number of nitrogens with zero attached hydrogens (tertiary/aromatic N) is 6. The van der Waals surface area contributed by atoms with Crippen molar-refractivity contribution in [3.05, 3.63) is 39.7 Å². The number of H-pyrrole nitrogens is 2. The molecule has 0 unspecified atom stereocenters. The highest BCUT2D eigenvalue weighted by atomic mass is 16.1. The summed E-state index contributed by atoms with van der Waals surface area (Å²) in [5.74, 6) is 0.116. The number of anilines is 1. The van der Waals surface area contributed by atoms with Crippen molar-refractivity contribution in [3.63, 3.8) is 0 Å². The van der Waals surface area contributed by atoms with Crippen LogP contribution >= 0.6 is 0 Å². The minimum atomic E-state index is -0.299. The molecule has 4 rings (SSSR count). The van der Waals surface area contributed by atoms with E-state index in [2.05, 4.69) is 29.9 Å². The number of nitrogens with two attached hydrogens (primary N) is 1. The molecular formula is C18H29N9O2. The van der Waals surface area contributed by atoms with Crippen LogP contribution in [-0.2, 0) is 0 Å². The van der Waals surface area contributed by atoms with Crippen LogP contribution in [0.3, 0.4) is 0 Å². The molecule has 11 heteroatoms. The monoisotopic (exact) mass is 403 g/mol. The number of fused-ring (bicyclic) bond motifs is 2. The van der Waals surface area contributed by atoms with Crippen LogP contribution in [0.4, 0.5) is 5.95 Å². The summed E-state index contributed by atoms with van der Waals surface area (Å²) in [6.07, 6.45) is 4.62. The number of aromatic nitrogens is 8.